The first-order valence-electron chi connectivity index (χ1n) is 15.7. The van der Waals surface area contributed by atoms with Crippen LogP contribution in [0.3, 0.4) is 0 Å². The number of phenols is 1. The molecule has 2 unspecified atom stereocenters. The van der Waals surface area contributed by atoms with Gasteiger partial charge < -0.3 is 31.2 Å². The third-order valence-electron chi connectivity index (χ3n) is 8.42. The standard InChI is InChI=1S/C37H38N6O4/c1-22-17-23(2)21-43(20-22)37(39)42-36(38)41-25-9-7-24(8-10-25)15-16-40-35(46)29-6-4-3-5-28(29)34-30-13-11-26(44)18-32(30)47-33-19-27(45)12-14-31(33)34/h3-14,18-19,22-23,44H,15-17,20-21H2,1-2H3,(H,40,46)(H4,38,39,41,42). The molecule has 10 heteroatoms. The fourth-order valence-corrected chi connectivity index (χ4v) is 6.40. The zero-order valence-electron chi connectivity index (χ0n) is 26.4. The number of rotatable bonds is 6. The van der Waals surface area contributed by atoms with Crippen molar-refractivity contribution >= 4 is 34.5 Å². The number of aliphatic imine (C=N–C) groups is 2. The van der Waals surface area contributed by atoms with Crippen LogP contribution in [-0.4, -0.2) is 47.5 Å². The van der Waals surface area contributed by atoms with Crippen molar-refractivity contribution < 1.29 is 14.3 Å². The van der Waals surface area contributed by atoms with Crippen LogP contribution in [0.4, 0.5) is 5.69 Å². The summed E-state index contributed by atoms with van der Waals surface area (Å²) >= 11 is 0. The number of hydrogen-bond acceptors (Lipinski definition) is 5. The van der Waals surface area contributed by atoms with Crippen LogP contribution in [0.2, 0.25) is 0 Å². The van der Waals surface area contributed by atoms with E-state index >= 15 is 0 Å². The van der Waals surface area contributed by atoms with Crippen molar-refractivity contribution in [3.63, 3.8) is 0 Å². The molecule has 6 rings (SSSR count). The molecule has 0 spiro atoms. The summed E-state index contributed by atoms with van der Waals surface area (Å²) in [5.74, 6) is 1.76. The molecular formula is C37H38N6O4. The van der Waals surface area contributed by atoms with Crippen LogP contribution in [0.15, 0.2) is 104 Å². The van der Waals surface area contributed by atoms with E-state index in [0.29, 0.717) is 69.9 Å². The van der Waals surface area contributed by atoms with E-state index in [4.69, 9.17) is 15.9 Å². The molecule has 2 atom stereocenters. The normalized spacial score (nSPS) is 17.3. The van der Waals surface area contributed by atoms with E-state index < -0.39 is 0 Å². The number of carbonyl (C=O) groups is 1. The second-order valence-electron chi connectivity index (χ2n) is 12.3. The number of benzene rings is 4. The number of likely N-dealkylation sites (tertiary alicyclic amines) is 1. The number of carbonyl (C=O) groups excluding carboxylic acids is 1. The number of phenolic OH excluding ortho intramolecular Hbond substituents is 1. The van der Waals surface area contributed by atoms with Crippen LogP contribution in [0.1, 0.15) is 36.2 Å². The molecule has 10 nitrogen and oxygen atoms in total. The van der Waals surface area contributed by atoms with E-state index in [9.17, 15) is 14.7 Å². The van der Waals surface area contributed by atoms with Gasteiger partial charge in [-0.3, -0.25) is 9.59 Å². The summed E-state index contributed by atoms with van der Waals surface area (Å²) in [6.07, 6.45) is 1.78. The van der Waals surface area contributed by atoms with Crippen LogP contribution in [-0.2, 0) is 6.42 Å². The molecule has 1 amide bonds. The van der Waals surface area contributed by atoms with Gasteiger partial charge in [-0.15, -0.1) is 0 Å². The predicted octanol–water partition coefficient (Wildman–Crippen LogP) is 5.48. The number of nitrogens with zero attached hydrogens (tertiary/aromatic N) is 3. The Morgan fingerprint density at radius 1 is 0.957 bits per heavy atom. The number of aromatic hydroxyl groups is 1. The van der Waals surface area contributed by atoms with Crippen molar-refractivity contribution in [1.29, 1.82) is 0 Å². The lowest BCUT2D eigenvalue weighted by Gasteiger charge is -2.35. The average Bonchev–Trinajstić information content (AvgIpc) is 3.03. The summed E-state index contributed by atoms with van der Waals surface area (Å²) in [7, 11) is 0. The molecule has 1 saturated heterocycles. The van der Waals surface area contributed by atoms with Crippen molar-refractivity contribution in [2.24, 2.45) is 33.3 Å². The van der Waals surface area contributed by atoms with Gasteiger partial charge in [-0.1, -0.05) is 44.2 Å². The number of piperidine rings is 1. The first-order valence-corrected chi connectivity index (χ1v) is 15.7. The number of nitrogens with one attached hydrogen (secondary N) is 1. The lowest BCUT2D eigenvalue weighted by Crippen LogP contribution is -2.46. The molecule has 1 aliphatic carbocycles. The fraction of sp³-hybridized carbons (Fsp3) is 0.243. The van der Waals surface area contributed by atoms with Crippen LogP contribution < -0.4 is 22.2 Å². The van der Waals surface area contributed by atoms with Gasteiger partial charge in [0.15, 0.2) is 11.4 Å². The van der Waals surface area contributed by atoms with Crippen molar-refractivity contribution in [2.75, 3.05) is 19.6 Å². The molecule has 3 aliphatic rings. The minimum Gasteiger partial charge on any atom is -0.508 e. The molecule has 2 heterocycles. The quantitative estimate of drug-likeness (QED) is 0.110. The number of amides is 1. The minimum atomic E-state index is -0.233. The average molecular weight is 631 g/mol. The third-order valence-corrected chi connectivity index (χ3v) is 8.42. The number of nitrogens with two attached hydrogens (primary N) is 2. The Kier molecular flexibility index (Phi) is 8.92. The highest BCUT2D eigenvalue weighted by molar-refractivity contribution is 6.09. The molecule has 1 fully saturated rings. The maximum absolute atomic E-state index is 13.5. The SMILES string of the molecule is CC1CC(C)CN(C(N)=NC(N)=Nc2ccc(CCNC(=O)c3ccccc3-c3c4ccc(=O)cc-4oc4cc(O)ccc34)cc2)C1. The molecule has 6 N–H and O–H groups in total. The molecule has 2 aliphatic heterocycles. The van der Waals surface area contributed by atoms with Gasteiger partial charge in [0.25, 0.3) is 5.91 Å². The van der Waals surface area contributed by atoms with Crippen LogP contribution in [0.5, 0.6) is 5.75 Å². The number of hydrogen-bond donors (Lipinski definition) is 4. The van der Waals surface area contributed by atoms with Crippen molar-refractivity contribution in [2.45, 2.75) is 26.7 Å². The second kappa shape index (κ2) is 13.4. The molecule has 0 aromatic heterocycles. The van der Waals surface area contributed by atoms with Crippen molar-refractivity contribution in [3.05, 3.63) is 106 Å². The van der Waals surface area contributed by atoms with Gasteiger partial charge >= 0.3 is 0 Å². The lowest BCUT2D eigenvalue weighted by atomic mass is 9.90. The fourth-order valence-electron chi connectivity index (χ4n) is 6.40. The third kappa shape index (κ3) is 7.12. The Morgan fingerprint density at radius 3 is 2.47 bits per heavy atom. The summed E-state index contributed by atoms with van der Waals surface area (Å²) in [5, 5.41) is 13.8. The molecule has 0 bridgehead atoms. The van der Waals surface area contributed by atoms with E-state index in [-0.39, 0.29) is 23.0 Å². The summed E-state index contributed by atoms with van der Waals surface area (Å²) in [6, 6.07) is 24.3. The lowest BCUT2D eigenvalue weighted by molar-refractivity contribution is 0.0954. The number of guanidine groups is 2. The van der Waals surface area contributed by atoms with Crippen LogP contribution in [0, 0.1) is 11.8 Å². The summed E-state index contributed by atoms with van der Waals surface area (Å²) in [5.41, 5.74) is 16.8. The molecule has 0 saturated carbocycles. The highest BCUT2D eigenvalue weighted by atomic mass is 16.3. The largest absolute Gasteiger partial charge is 0.508 e. The first-order chi connectivity index (χ1) is 22.6. The van der Waals surface area contributed by atoms with Gasteiger partial charge in [0.05, 0.1) is 5.69 Å². The highest BCUT2D eigenvalue weighted by Gasteiger charge is 2.24. The predicted molar refractivity (Wildman–Crippen MR) is 186 cm³/mol. The van der Waals surface area contributed by atoms with Crippen molar-refractivity contribution in [3.8, 4) is 28.2 Å². The Bertz CT molecular complexity index is 2010. The van der Waals surface area contributed by atoms with Gasteiger partial charge in [-0.2, -0.15) is 4.99 Å². The summed E-state index contributed by atoms with van der Waals surface area (Å²) < 4.78 is 5.97. The van der Waals surface area contributed by atoms with Crippen LogP contribution in [0.25, 0.3) is 33.4 Å². The molecule has 3 aromatic carbocycles. The van der Waals surface area contributed by atoms with Gasteiger partial charge in [0.1, 0.15) is 17.1 Å². The van der Waals surface area contributed by atoms with Gasteiger partial charge in [-0.25, -0.2) is 4.99 Å². The van der Waals surface area contributed by atoms with E-state index in [1.807, 2.05) is 42.5 Å². The Morgan fingerprint density at radius 2 is 1.70 bits per heavy atom. The Labute approximate surface area is 272 Å². The summed E-state index contributed by atoms with van der Waals surface area (Å²) in [6.45, 7) is 6.54. The van der Waals surface area contributed by atoms with Crippen LogP contribution >= 0.6 is 0 Å². The monoisotopic (exact) mass is 630 g/mol. The number of fused-ring (bicyclic) bond motifs is 2. The maximum Gasteiger partial charge on any atom is 0.251 e. The van der Waals surface area contributed by atoms with Gasteiger partial charge in [0.2, 0.25) is 5.96 Å². The minimum absolute atomic E-state index is 0.0367. The zero-order valence-corrected chi connectivity index (χ0v) is 26.4. The molecule has 3 aromatic rings. The highest BCUT2D eigenvalue weighted by Crippen LogP contribution is 2.41. The molecule has 47 heavy (non-hydrogen) atoms. The second-order valence-corrected chi connectivity index (χ2v) is 12.3. The Hall–Kier alpha value is -5.64. The van der Waals surface area contributed by atoms with Crippen molar-refractivity contribution in [1.82, 2.24) is 10.2 Å². The summed E-state index contributed by atoms with van der Waals surface area (Å²) in [4.78, 5) is 36.5. The van der Waals surface area contributed by atoms with E-state index in [0.717, 1.165) is 24.2 Å². The molecular weight excluding hydrogens is 592 g/mol. The van der Waals surface area contributed by atoms with E-state index in [2.05, 4.69) is 34.0 Å². The molecule has 240 valence electrons. The topological polar surface area (TPSA) is 160 Å². The smallest absolute Gasteiger partial charge is 0.251 e. The van der Waals surface area contributed by atoms with E-state index in [1.165, 1.54) is 24.6 Å². The Balaban J connectivity index is 1.15. The first kappa shape index (κ1) is 31.3. The van der Waals surface area contributed by atoms with E-state index in [1.54, 1.807) is 24.3 Å². The van der Waals surface area contributed by atoms with Gasteiger partial charge in [-0.05, 0) is 78.3 Å². The maximum atomic E-state index is 13.5. The zero-order chi connectivity index (χ0) is 33.1. The van der Waals surface area contributed by atoms with Gasteiger partial charge in [0, 0.05) is 53.8 Å². The molecule has 0 radical (unpaired) electrons.